The SMILES string of the molecule is CC1(C)OC(=CC=Nc2ccc(N)cc2)OC1(C)C. The summed E-state index contributed by atoms with van der Waals surface area (Å²) in [5, 5.41) is 0. The lowest BCUT2D eigenvalue weighted by Gasteiger charge is -2.28. The molecule has 0 atom stereocenters. The predicted molar refractivity (Wildman–Crippen MR) is 77.4 cm³/mol. The Hall–Kier alpha value is -1.97. The molecular weight excluding hydrogens is 240 g/mol. The van der Waals surface area contributed by atoms with Crippen LogP contribution in [-0.2, 0) is 9.47 Å². The van der Waals surface area contributed by atoms with Crippen molar-refractivity contribution in [1.29, 1.82) is 0 Å². The molecule has 1 aromatic carbocycles. The number of nitrogen functional groups attached to an aromatic ring is 1. The van der Waals surface area contributed by atoms with E-state index in [9.17, 15) is 0 Å². The first-order chi connectivity index (χ1) is 8.80. The van der Waals surface area contributed by atoms with Crippen LogP contribution in [0.2, 0.25) is 0 Å². The highest BCUT2D eigenvalue weighted by Crippen LogP contribution is 2.39. The molecule has 0 amide bonds. The van der Waals surface area contributed by atoms with Gasteiger partial charge in [0.25, 0.3) is 5.95 Å². The van der Waals surface area contributed by atoms with Crippen LogP contribution in [0.5, 0.6) is 0 Å². The quantitative estimate of drug-likeness (QED) is 0.654. The van der Waals surface area contributed by atoms with Gasteiger partial charge in [-0.3, -0.25) is 4.99 Å². The first-order valence-electron chi connectivity index (χ1n) is 6.28. The molecule has 0 unspecified atom stereocenters. The van der Waals surface area contributed by atoms with Crippen molar-refractivity contribution < 1.29 is 9.47 Å². The average Bonchev–Trinajstić information content (AvgIpc) is 2.50. The van der Waals surface area contributed by atoms with Crippen LogP contribution in [0.1, 0.15) is 27.7 Å². The van der Waals surface area contributed by atoms with Crippen LogP contribution in [0, 0.1) is 0 Å². The van der Waals surface area contributed by atoms with Crippen LogP contribution in [-0.4, -0.2) is 17.4 Å². The summed E-state index contributed by atoms with van der Waals surface area (Å²) < 4.78 is 11.5. The first-order valence-corrected chi connectivity index (χ1v) is 6.28. The molecule has 2 N–H and O–H groups in total. The van der Waals surface area contributed by atoms with E-state index < -0.39 is 0 Å². The van der Waals surface area contributed by atoms with Crippen molar-refractivity contribution >= 4 is 17.6 Å². The smallest absolute Gasteiger partial charge is 0.282 e. The molecule has 2 rings (SSSR count). The third kappa shape index (κ3) is 2.89. The van der Waals surface area contributed by atoms with Crippen LogP contribution in [0.25, 0.3) is 0 Å². The number of benzene rings is 1. The Labute approximate surface area is 113 Å². The summed E-state index contributed by atoms with van der Waals surface area (Å²) in [6, 6.07) is 7.34. The molecule has 1 fully saturated rings. The topological polar surface area (TPSA) is 56.8 Å². The predicted octanol–water partition coefficient (Wildman–Crippen LogP) is 3.42. The van der Waals surface area contributed by atoms with Crippen LogP contribution in [0.3, 0.4) is 0 Å². The van der Waals surface area contributed by atoms with E-state index in [0.717, 1.165) is 11.4 Å². The van der Waals surface area contributed by atoms with Crippen LogP contribution in [0.15, 0.2) is 41.3 Å². The Kier molecular flexibility index (Phi) is 3.27. The molecule has 1 aliphatic heterocycles. The number of anilines is 1. The molecule has 1 saturated heterocycles. The normalized spacial score (nSPS) is 20.1. The highest BCUT2D eigenvalue weighted by atomic mass is 16.7. The monoisotopic (exact) mass is 260 g/mol. The third-order valence-corrected chi connectivity index (χ3v) is 3.49. The number of hydrogen-bond donors (Lipinski definition) is 1. The molecule has 1 aliphatic rings. The second-order valence-electron chi connectivity index (χ2n) is 5.58. The molecule has 102 valence electrons. The lowest BCUT2D eigenvalue weighted by Crippen LogP contribution is -2.41. The van der Waals surface area contributed by atoms with Crippen LogP contribution < -0.4 is 5.73 Å². The van der Waals surface area contributed by atoms with Gasteiger partial charge < -0.3 is 15.2 Å². The summed E-state index contributed by atoms with van der Waals surface area (Å²) in [5.41, 5.74) is 6.47. The van der Waals surface area contributed by atoms with Gasteiger partial charge in [0, 0.05) is 18.0 Å². The minimum atomic E-state index is -0.353. The largest absolute Gasteiger partial charge is 0.455 e. The van der Waals surface area contributed by atoms with Gasteiger partial charge in [0.05, 0.1) is 5.69 Å². The zero-order valence-electron chi connectivity index (χ0n) is 11.8. The van der Waals surface area contributed by atoms with Crippen LogP contribution in [0.4, 0.5) is 11.4 Å². The number of ether oxygens (including phenoxy) is 2. The highest BCUT2D eigenvalue weighted by Gasteiger charge is 2.48. The summed E-state index contributed by atoms with van der Waals surface area (Å²) in [5.74, 6) is 0.495. The maximum atomic E-state index is 5.75. The van der Waals surface area contributed by atoms with Crippen molar-refractivity contribution in [2.45, 2.75) is 38.9 Å². The molecular formula is C15H20N2O2. The minimum absolute atomic E-state index is 0.353. The number of allylic oxidation sites excluding steroid dienone is 1. The summed E-state index contributed by atoms with van der Waals surface area (Å²) in [4.78, 5) is 4.29. The van der Waals surface area contributed by atoms with Gasteiger partial charge in [-0.25, -0.2) is 0 Å². The Bertz CT molecular complexity index is 495. The number of hydrogen-bond acceptors (Lipinski definition) is 4. The zero-order chi connectivity index (χ0) is 14.1. The van der Waals surface area contributed by atoms with E-state index in [2.05, 4.69) is 4.99 Å². The average molecular weight is 260 g/mol. The zero-order valence-corrected chi connectivity index (χ0v) is 11.8. The van der Waals surface area contributed by atoms with E-state index in [1.807, 2.05) is 52.0 Å². The van der Waals surface area contributed by atoms with Crippen molar-refractivity contribution in [2.24, 2.45) is 4.99 Å². The van der Waals surface area contributed by atoms with Gasteiger partial charge in [-0.2, -0.15) is 0 Å². The van der Waals surface area contributed by atoms with E-state index in [1.54, 1.807) is 12.3 Å². The molecule has 19 heavy (non-hydrogen) atoms. The van der Waals surface area contributed by atoms with Crippen molar-refractivity contribution in [1.82, 2.24) is 0 Å². The Morgan fingerprint density at radius 3 is 2.05 bits per heavy atom. The standard InChI is InChI=1S/C15H20N2O2/c1-14(2)15(3,4)19-13(18-14)9-10-17-12-7-5-11(16)6-8-12/h5-10H,16H2,1-4H3. The van der Waals surface area contributed by atoms with Crippen molar-refractivity contribution in [3.05, 3.63) is 36.3 Å². The Morgan fingerprint density at radius 1 is 1.00 bits per heavy atom. The Balaban J connectivity index is 2.06. The van der Waals surface area contributed by atoms with Crippen LogP contribution >= 0.6 is 0 Å². The lowest BCUT2D eigenvalue weighted by atomic mass is 9.90. The molecule has 0 aliphatic carbocycles. The first kappa shape index (κ1) is 13.5. The van der Waals surface area contributed by atoms with Gasteiger partial charge in [-0.1, -0.05) is 0 Å². The molecule has 4 heteroatoms. The molecule has 4 nitrogen and oxygen atoms in total. The van der Waals surface area contributed by atoms with Gasteiger partial charge in [0.15, 0.2) is 0 Å². The number of nitrogens with zero attached hydrogens (tertiary/aromatic N) is 1. The van der Waals surface area contributed by atoms with E-state index >= 15 is 0 Å². The fourth-order valence-electron chi connectivity index (χ4n) is 1.58. The summed E-state index contributed by atoms with van der Waals surface area (Å²) in [6.45, 7) is 8.02. The summed E-state index contributed by atoms with van der Waals surface area (Å²) in [7, 11) is 0. The molecule has 1 aromatic rings. The third-order valence-electron chi connectivity index (χ3n) is 3.49. The van der Waals surface area contributed by atoms with E-state index in [-0.39, 0.29) is 11.2 Å². The number of nitrogens with two attached hydrogens (primary N) is 1. The molecule has 0 radical (unpaired) electrons. The second-order valence-corrected chi connectivity index (χ2v) is 5.58. The summed E-state index contributed by atoms with van der Waals surface area (Å²) >= 11 is 0. The minimum Gasteiger partial charge on any atom is -0.455 e. The van der Waals surface area contributed by atoms with Crippen molar-refractivity contribution in [3.8, 4) is 0 Å². The fourth-order valence-corrected chi connectivity index (χ4v) is 1.58. The van der Waals surface area contributed by atoms with Gasteiger partial charge in [0.2, 0.25) is 0 Å². The van der Waals surface area contributed by atoms with E-state index in [0.29, 0.717) is 5.95 Å². The van der Waals surface area contributed by atoms with Crippen molar-refractivity contribution in [2.75, 3.05) is 5.73 Å². The molecule has 0 bridgehead atoms. The van der Waals surface area contributed by atoms with Crippen molar-refractivity contribution in [3.63, 3.8) is 0 Å². The second kappa shape index (κ2) is 4.61. The molecule has 1 heterocycles. The van der Waals surface area contributed by atoms with E-state index in [1.165, 1.54) is 0 Å². The van der Waals surface area contributed by atoms with Gasteiger partial charge in [-0.15, -0.1) is 0 Å². The molecule has 0 aromatic heterocycles. The van der Waals surface area contributed by atoms with Gasteiger partial charge >= 0.3 is 0 Å². The number of aliphatic imine (C=N–C) groups is 1. The molecule has 0 saturated carbocycles. The molecule has 0 spiro atoms. The van der Waals surface area contributed by atoms with Gasteiger partial charge in [0.1, 0.15) is 11.2 Å². The number of rotatable bonds is 2. The Morgan fingerprint density at radius 2 is 1.53 bits per heavy atom. The summed E-state index contributed by atoms with van der Waals surface area (Å²) in [6.07, 6.45) is 3.39. The lowest BCUT2D eigenvalue weighted by molar-refractivity contribution is 0.00578. The fraction of sp³-hybridized carbons (Fsp3) is 0.400. The van der Waals surface area contributed by atoms with E-state index in [4.69, 9.17) is 15.2 Å². The maximum absolute atomic E-state index is 5.75. The van der Waals surface area contributed by atoms with Gasteiger partial charge in [-0.05, 0) is 52.0 Å². The maximum Gasteiger partial charge on any atom is 0.282 e. The highest BCUT2D eigenvalue weighted by molar-refractivity contribution is 5.75.